The molecular formula is C16H30IN3O2S2. The smallest absolute Gasteiger partial charge is 0.191 e. The maximum absolute atomic E-state index is 12.0. The topological polar surface area (TPSA) is 73.7 Å². The predicted octanol–water partition coefficient (Wildman–Crippen LogP) is 2.68. The zero-order chi connectivity index (χ0) is 17.5. The minimum absolute atomic E-state index is 0. The molecule has 0 amide bonds. The first-order valence-electron chi connectivity index (χ1n) is 7.84. The summed E-state index contributed by atoms with van der Waals surface area (Å²) in [6.07, 6.45) is 0. The zero-order valence-electron chi connectivity index (χ0n) is 15.1. The first-order valence-corrected chi connectivity index (χ1v) is 10.0. The van der Waals surface area contributed by atoms with E-state index in [-0.39, 0.29) is 35.3 Å². The normalized spacial score (nSPS) is 16.0. The quantitative estimate of drug-likeness (QED) is 0.314. The Hall–Kier alpha value is -0.190. The van der Waals surface area contributed by atoms with Crippen molar-refractivity contribution >= 4 is 52.1 Å². The third-order valence-electron chi connectivity index (χ3n) is 3.20. The van der Waals surface area contributed by atoms with E-state index in [1.807, 2.05) is 45.2 Å². The Labute approximate surface area is 169 Å². The average Bonchev–Trinajstić information content (AvgIpc) is 2.98. The fourth-order valence-electron chi connectivity index (χ4n) is 1.81. The van der Waals surface area contributed by atoms with Crippen molar-refractivity contribution < 1.29 is 9.32 Å². The van der Waals surface area contributed by atoms with Crippen LogP contribution in [-0.4, -0.2) is 45.4 Å². The lowest BCUT2D eigenvalue weighted by atomic mass is 10.1. The first kappa shape index (κ1) is 23.8. The van der Waals surface area contributed by atoms with E-state index in [1.54, 1.807) is 6.92 Å². The van der Waals surface area contributed by atoms with Crippen LogP contribution in [0.1, 0.15) is 39.5 Å². The van der Waals surface area contributed by atoms with Crippen molar-refractivity contribution in [3.05, 3.63) is 22.4 Å². The van der Waals surface area contributed by atoms with Crippen molar-refractivity contribution in [1.29, 1.82) is 0 Å². The second kappa shape index (κ2) is 10.7. The fraction of sp³-hybridized carbons (Fsp3) is 0.688. The molecule has 3 N–H and O–H groups in total. The molecule has 140 valence electrons. The maximum Gasteiger partial charge on any atom is 0.191 e. The number of halogens is 1. The van der Waals surface area contributed by atoms with E-state index in [2.05, 4.69) is 15.6 Å². The van der Waals surface area contributed by atoms with E-state index in [4.69, 9.17) is 0 Å². The second-order valence-electron chi connectivity index (χ2n) is 6.54. The van der Waals surface area contributed by atoms with Crippen LogP contribution in [0.5, 0.6) is 0 Å². The Bertz CT molecular complexity index is 526. The highest BCUT2D eigenvalue weighted by Crippen LogP contribution is 2.25. The Morgan fingerprint density at radius 1 is 1.33 bits per heavy atom. The van der Waals surface area contributed by atoms with Gasteiger partial charge in [0.15, 0.2) is 5.96 Å². The summed E-state index contributed by atoms with van der Waals surface area (Å²) in [7, 11) is -0.896. The van der Waals surface area contributed by atoms with E-state index in [9.17, 15) is 9.32 Å². The lowest BCUT2D eigenvalue weighted by molar-refractivity contribution is 0.0711. The van der Waals surface area contributed by atoms with E-state index < -0.39 is 16.4 Å². The monoisotopic (exact) mass is 487 g/mol. The summed E-state index contributed by atoms with van der Waals surface area (Å²) in [5, 5.41) is 18.8. The van der Waals surface area contributed by atoms with Gasteiger partial charge < -0.3 is 15.7 Å². The van der Waals surface area contributed by atoms with Crippen molar-refractivity contribution in [2.75, 3.05) is 25.4 Å². The number of hydrogen-bond donors (Lipinski definition) is 3. The van der Waals surface area contributed by atoms with E-state index in [0.29, 0.717) is 18.3 Å². The molecule has 0 spiro atoms. The summed E-state index contributed by atoms with van der Waals surface area (Å²) in [5.74, 6) is 1.20. The van der Waals surface area contributed by atoms with Crippen LogP contribution < -0.4 is 10.6 Å². The van der Waals surface area contributed by atoms with Gasteiger partial charge in [-0.15, -0.1) is 35.3 Å². The summed E-state index contributed by atoms with van der Waals surface area (Å²) in [4.78, 5) is 5.35. The molecule has 24 heavy (non-hydrogen) atoms. The molecule has 0 saturated heterocycles. The Morgan fingerprint density at radius 2 is 2.00 bits per heavy atom. The highest BCUT2D eigenvalue weighted by atomic mass is 127. The Morgan fingerprint density at radius 3 is 2.50 bits per heavy atom. The van der Waals surface area contributed by atoms with Crippen LogP contribution in [0.25, 0.3) is 0 Å². The lowest BCUT2D eigenvalue weighted by Gasteiger charge is -2.21. The van der Waals surface area contributed by atoms with Crippen LogP contribution in [0.2, 0.25) is 0 Å². The van der Waals surface area contributed by atoms with Crippen LogP contribution in [-0.2, 0) is 16.4 Å². The van der Waals surface area contributed by atoms with E-state index in [0.717, 1.165) is 11.4 Å². The minimum atomic E-state index is -0.981. The number of rotatable bonds is 7. The largest absolute Gasteiger partial charge is 0.383 e. The molecule has 1 heterocycles. The van der Waals surface area contributed by atoms with Crippen molar-refractivity contribution in [2.24, 2.45) is 4.99 Å². The molecule has 0 saturated carbocycles. The van der Waals surface area contributed by atoms with Gasteiger partial charge in [-0.05, 0) is 46.1 Å². The average molecular weight is 487 g/mol. The molecule has 1 aromatic heterocycles. The van der Waals surface area contributed by atoms with Crippen molar-refractivity contribution in [2.45, 2.75) is 45.0 Å². The number of guanidine groups is 1. The van der Waals surface area contributed by atoms with Crippen LogP contribution in [0.3, 0.4) is 0 Å². The van der Waals surface area contributed by atoms with Gasteiger partial charge >= 0.3 is 0 Å². The summed E-state index contributed by atoms with van der Waals surface area (Å²) < 4.78 is 11.8. The molecule has 5 nitrogen and oxygen atoms in total. The summed E-state index contributed by atoms with van der Waals surface area (Å²) in [5.41, 5.74) is -0.981. The molecule has 2 unspecified atom stereocenters. The highest BCUT2D eigenvalue weighted by Gasteiger charge is 2.24. The summed E-state index contributed by atoms with van der Waals surface area (Å²) >= 11 is 1.52. The number of hydrogen-bond acceptors (Lipinski definition) is 4. The van der Waals surface area contributed by atoms with E-state index >= 15 is 0 Å². The van der Waals surface area contributed by atoms with Crippen LogP contribution in [0, 0.1) is 0 Å². The minimum Gasteiger partial charge on any atom is -0.383 e. The Kier molecular flexibility index (Phi) is 10.6. The molecule has 2 atom stereocenters. The van der Waals surface area contributed by atoms with Crippen LogP contribution >= 0.6 is 35.3 Å². The second-order valence-corrected chi connectivity index (χ2v) is 9.81. The van der Waals surface area contributed by atoms with Gasteiger partial charge in [-0.25, -0.2) is 4.99 Å². The molecule has 0 aromatic carbocycles. The van der Waals surface area contributed by atoms with Gasteiger partial charge in [0, 0.05) is 39.3 Å². The summed E-state index contributed by atoms with van der Waals surface area (Å²) in [6.45, 7) is 11.3. The van der Waals surface area contributed by atoms with Gasteiger partial charge in [0.25, 0.3) is 0 Å². The van der Waals surface area contributed by atoms with Gasteiger partial charge in [-0.2, -0.15) is 0 Å². The predicted molar refractivity (Wildman–Crippen MR) is 116 cm³/mol. The number of aliphatic hydroxyl groups is 1. The molecule has 0 bridgehead atoms. The molecule has 0 aliphatic carbocycles. The Balaban J connectivity index is 0.00000529. The SMILES string of the molecule is CCNC(=NCC(C)(O)c1cccs1)NCCS(=O)C(C)(C)C.I. The zero-order valence-corrected chi connectivity index (χ0v) is 19.1. The molecule has 0 fully saturated rings. The number of nitrogens with one attached hydrogen (secondary N) is 2. The first-order chi connectivity index (χ1) is 10.7. The molecule has 0 aliphatic rings. The van der Waals surface area contributed by atoms with Crippen molar-refractivity contribution in [1.82, 2.24) is 10.6 Å². The summed E-state index contributed by atoms with van der Waals surface area (Å²) in [6, 6.07) is 3.83. The number of aliphatic imine (C=N–C) groups is 1. The van der Waals surface area contributed by atoms with Gasteiger partial charge in [0.05, 0.1) is 6.54 Å². The standard InChI is InChI=1S/C16H29N3O2S2.HI/c1-6-17-14(18-9-11-23(21)15(2,3)4)19-12-16(5,20)13-8-7-10-22-13;/h7-8,10,20H,6,9,11-12H2,1-5H3,(H2,17,18,19);1H. The third-order valence-corrected chi connectivity index (χ3v) is 6.27. The van der Waals surface area contributed by atoms with Gasteiger partial charge in [0.2, 0.25) is 0 Å². The molecule has 1 aromatic rings. The molecule has 0 radical (unpaired) electrons. The van der Waals surface area contributed by atoms with E-state index in [1.165, 1.54) is 11.3 Å². The fourth-order valence-corrected chi connectivity index (χ4v) is 3.49. The van der Waals surface area contributed by atoms with Crippen molar-refractivity contribution in [3.8, 4) is 0 Å². The molecule has 1 rings (SSSR count). The van der Waals surface area contributed by atoms with Gasteiger partial charge in [-0.3, -0.25) is 4.21 Å². The van der Waals surface area contributed by atoms with Crippen LogP contribution in [0.4, 0.5) is 0 Å². The molecule has 0 aliphatic heterocycles. The lowest BCUT2D eigenvalue weighted by Crippen LogP contribution is -2.41. The number of nitrogens with zero attached hydrogens (tertiary/aromatic N) is 1. The van der Waals surface area contributed by atoms with Crippen molar-refractivity contribution in [3.63, 3.8) is 0 Å². The maximum atomic E-state index is 12.0. The third kappa shape index (κ3) is 8.26. The van der Waals surface area contributed by atoms with Gasteiger partial charge in [-0.1, -0.05) is 6.07 Å². The van der Waals surface area contributed by atoms with Gasteiger partial charge in [0.1, 0.15) is 5.60 Å². The number of thiophene rings is 1. The molecule has 8 heteroatoms. The van der Waals surface area contributed by atoms with Crippen LogP contribution in [0.15, 0.2) is 22.5 Å². The highest BCUT2D eigenvalue weighted by molar-refractivity contribution is 14.0. The molecular weight excluding hydrogens is 457 g/mol.